The number of aryl methyl sites for hydroxylation is 1. The van der Waals surface area contributed by atoms with Crippen molar-refractivity contribution in [1.82, 2.24) is 19.9 Å². The number of fused-ring (bicyclic) bond motifs is 1. The van der Waals surface area contributed by atoms with Crippen LogP contribution in [-0.2, 0) is 0 Å². The summed E-state index contributed by atoms with van der Waals surface area (Å²) in [5.41, 5.74) is 1.74. The molecule has 90 valence electrons. The van der Waals surface area contributed by atoms with Gasteiger partial charge in [0.25, 0.3) is 0 Å². The summed E-state index contributed by atoms with van der Waals surface area (Å²) in [5.74, 6) is 2.72. The monoisotopic (exact) mass is 231 g/mol. The van der Waals surface area contributed by atoms with E-state index in [0.717, 1.165) is 41.8 Å². The third kappa shape index (κ3) is 1.85. The molecule has 0 bridgehead atoms. The Morgan fingerprint density at radius 1 is 1.29 bits per heavy atom. The molecule has 0 unspecified atom stereocenters. The Morgan fingerprint density at radius 3 is 2.82 bits per heavy atom. The molecule has 0 amide bonds. The van der Waals surface area contributed by atoms with Gasteiger partial charge < -0.3 is 9.88 Å². The average molecular weight is 231 g/mol. The zero-order valence-electron chi connectivity index (χ0n) is 10.3. The first-order valence-corrected chi connectivity index (χ1v) is 6.16. The van der Waals surface area contributed by atoms with E-state index < -0.39 is 0 Å². The van der Waals surface area contributed by atoms with E-state index in [1.165, 1.54) is 12.8 Å². The number of imidazole rings is 1. The molecule has 2 aromatic heterocycles. The summed E-state index contributed by atoms with van der Waals surface area (Å²) >= 11 is 0. The van der Waals surface area contributed by atoms with Gasteiger partial charge in [-0.1, -0.05) is 6.92 Å². The van der Waals surface area contributed by atoms with Crippen molar-refractivity contribution in [3.05, 3.63) is 12.2 Å². The summed E-state index contributed by atoms with van der Waals surface area (Å²) in [6.07, 6.45) is 4.08. The van der Waals surface area contributed by atoms with Crippen LogP contribution in [0.3, 0.4) is 0 Å². The zero-order chi connectivity index (χ0) is 11.8. The SMILES string of the molecule is Cc1nc2ncnc(N3CCC(C)CC3)c2[nH]1. The van der Waals surface area contributed by atoms with Crippen molar-refractivity contribution in [3.8, 4) is 0 Å². The van der Waals surface area contributed by atoms with Crippen molar-refractivity contribution in [1.29, 1.82) is 0 Å². The van der Waals surface area contributed by atoms with Crippen LogP contribution >= 0.6 is 0 Å². The molecule has 3 heterocycles. The Bertz CT molecular complexity index is 525. The van der Waals surface area contributed by atoms with E-state index in [1.54, 1.807) is 6.33 Å². The van der Waals surface area contributed by atoms with Crippen molar-refractivity contribution in [2.75, 3.05) is 18.0 Å². The third-order valence-electron chi connectivity index (χ3n) is 3.47. The fraction of sp³-hybridized carbons (Fsp3) is 0.583. The zero-order valence-corrected chi connectivity index (χ0v) is 10.3. The molecule has 2 aromatic rings. The molecule has 0 aliphatic carbocycles. The lowest BCUT2D eigenvalue weighted by Gasteiger charge is -2.31. The number of nitrogens with one attached hydrogen (secondary N) is 1. The lowest BCUT2D eigenvalue weighted by Crippen LogP contribution is -2.33. The number of rotatable bonds is 1. The molecule has 3 rings (SSSR count). The fourth-order valence-electron chi connectivity index (χ4n) is 2.39. The van der Waals surface area contributed by atoms with Gasteiger partial charge in [-0.05, 0) is 25.7 Å². The van der Waals surface area contributed by atoms with Crippen LogP contribution in [0, 0.1) is 12.8 Å². The molecule has 1 fully saturated rings. The number of hydrogen-bond acceptors (Lipinski definition) is 4. The van der Waals surface area contributed by atoms with Crippen molar-refractivity contribution >= 4 is 17.0 Å². The summed E-state index contributed by atoms with van der Waals surface area (Å²) in [6.45, 7) is 6.41. The molecule has 1 aliphatic rings. The first-order chi connectivity index (χ1) is 8.24. The standard InChI is InChI=1S/C12H17N5/c1-8-3-5-17(6-4-8)12-10-11(13-7-14-12)16-9(2)15-10/h7-8H,3-6H2,1-2H3,(H,13,14,15,16). The van der Waals surface area contributed by atoms with Crippen molar-refractivity contribution in [2.24, 2.45) is 5.92 Å². The number of H-pyrrole nitrogens is 1. The molecule has 1 saturated heterocycles. The van der Waals surface area contributed by atoms with Gasteiger partial charge in [0.15, 0.2) is 11.5 Å². The average Bonchev–Trinajstić information content (AvgIpc) is 2.70. The molecule has 1 N–H and O–H groups in total. The van der Waals surface area contributed by atoms with Gasteiger partial charge in [0.2, 0.25) is 0 Å². The highest BCUT2D eigenvalue weighted by Crippen LogP contribution is 2.25. The first kappa shape index (κ1) is 10.5. The number of anilines is 1. The van der Waals surface area contributed by atoms with Crippen LogP contribution in [0.5, 0.6) is 0 Å². The van der Waals surface area contributed by atoms with Gasteiger partial charge in [0.1, 0.15) is 17.7 Å². The number of aromatic nitrogens is 4. The van der Waals surface area contributed by atoms with Crippen LogP contribution in [0.25, 0.3) is 11.2 Å². The van der Waals surface area contributed by atoms with Gasteiger partial charge in [0.05, 0.1) is 0 Å². The van der Waals surface area contributed by atoms with E-state index in [2.05, 4.69) is 31.8 Å². The maximum absolute atomic E-state index is 4.41. The normalized spacial score (nSPS) is 17.9. The van der Waals surface area contributed by atoms with Crippen LogP contribution in [0.1, 0.15) is 25.6 Å². The third-order valence-corrected chi connectivity index (χ3v) is 3.47. The van der Waals surface area contributed by atoms with Crippen molar-refractivity contribution < 1.29 is 0 Å². The Hall–Kier alpha value is -1.65. The number of hydrogen-bond donors (Lipinski definition) is 1. The Balaban J connectivity index is 1.99. The largest absolute Gasteiger partial charge is 0.355 e. The topological polar surface area (TPSA) is 57.7 Å². The molecule has 0 saturated carbocycles. The van der Waals surface area contributed by atoms with Crippen LogP contribution in [0.15, 0.2) is 6.33 Å². The molecular weight excluding hydrogens is 214 g/mol. The molecule has 5 heteroatoms. The maximum Gasteiger partial charge on any atom is 0.183 e. The van der Waals surface area contributed by atoms with Crippen molar-refractivity contribution in [2.45, 2.75) is 26.7 Å². The second kappa shape index (κ2) is 3.98. The van der Waals surface area contributed by atoms with E-state index in [9.17, 15) is 0 Å². The van der Waals surface area contributed by atoms with Gasteiger partial charge >= 0.3 is 0 Å². The van der Waals surface area contributed by atoms with Crippen molar-refractivity contribution in [3.63, 3.8) is 0 Å². The predicted octanol–water partition coefficient (Wildman–Crippen LogP) is 1.90. The maximum atomic E-state index is 4.41. The molecule has 17 heavy (non-hydrogen) atoms. The quantitative estimate of drug-likeness (QED) is 0.814. The molecule has 0 atom stereocenters. The first-order valence-electron chi connectivity index (χ1n) is 6.16. The van der Waals surface area contributed by atoms with Crippen LogP contribution in [0.2, 0.25) is 0 Å². The molecule has 5 nitrogen and oxygen atoms in total. The lowest BCUT2D eigenvalue weighted by atomic mass is 9.99. The molecular formula is C12H17N5. The van der Waals surface area contributed by atoms with Gasteiger partial charge in [-0.2, -0.15) is 0 Å². The van der Waals surface area contributed by atoms with E-state index in [0.29, 0.717) is 0 Å². The Labute approximate surface area is 100 Å². The summed E-state index contributed by atoms with van der Waals surface area (Å²) < 4.78 is 0. The fourth-order valence-corrected chi connectivity index (χ4v) is 2.39. The van der Waals surface area contributed by atoms with Crippen LogP contribution in [0.4, 0.5) is 5.82 Å². The Kier molecular flexibility index (Phi) is 2.46. The minimum atomic E-state index is 0.770. The van der Waals surface area contributed by atoms with E-state index >= 15 is 0 Å². The molecule has 0 radical (unpaired) electrons. The summed E-state index contributed by atoms with van der Waals surface area (Å²) in [7, 11) is 0. The Morgan fingerprint density at radius 2 is 2.06 bits per heavy atom. The van der Waals surface area contributed by atoms with Crippen LogP contribution in [-0.4, -0.2) is 33.0 Å². The molecule has 0 spiro atoms. The van der Waals surface area contributed by atoms with Gasteiger partial charge in [-0.15, -0.1) is 0 Å². The summed E-state index contributed by atoms with van der Waals surface area (Å²) in [4.78, 5) is 18.5. The van der Waals surface area contributed by atoms with Gasteiger partial charge in [-0.3, -0.25) is 0 Å². The highest BCUT2D eigenvalue weighted by molar-refractivity contribution is 5.83. The summed E-state index contributed by atoms with van der Waals surface area (Å²) in [6, 6.07) is 0. The van der Waals surface area contributed by atoms with Gasteiger partial charge in [0, 0.05) is 13.1 Å². The minimum absolute atomic E-state index is 0.770. The molecule has 1 aliphatic heterocycles. The second-order valence-corrected chi connectivity index (χ2v) is 4.89. The minimum Gasteiger partial charge on any atom is -0.355 e. The number of aromatic amines is 1. The van der Waals surface area contributed by atoms with Crippen LogP contribution < -0.4 is 4.90 Å². The molecule has 0 aromatic carbocycles. The highest BCUT2D eigenvalue weighted by Gasteiger charge is 2.20. The predicted molar refractivity (Wildman–Crippen MR) is 67.0 cm³/mol. The summed E-state index contributed by atoms with van der Waals surface area (Å²) in [5, 5.41) is 0. The van der Waals surface area contributed by atoms with E-state index in [1.807, 2.05) is 6.92 Å². The lowest BCUT2D eigenvalue weighted by molar-refractivity contribution is 0.437. The van der Waals surface area contributed by atoms with E-state index in [-0.39, 0.29) is 0 Å². The smallest absolute Gasteiger partial charge is 0.183 e. The number of piperidine rings is 1. The number of nitrogens with zero attached hydrogens (tertiary/aromatic N) is 4. The second-order valence-electron chi connectivity index (χ2n) is 4.89. The van der Waals surface area contributed by atoms with E-state index in [4.69, 9.17) is 0 Å². The van der Waals surface area contributed by atoms with Gasteiger partial charge in [-0.25, -0.2) is 15.0 Å². The highest BCUT2D eigenvalue weighted by atomic mass is 15.2.